The molecule has 0 bridgehead atoms. The Hall–Kier alpha value is -2.25. The van der Waals surface area contributed by atoms with E-state index in [0.29, 0.717) is 26.0 Å². The number of carbonyl (C=O) groups is 1. The van der Waals surface area contributed by atoms with E-state index in [2.05, 4.69) is 4.99 Å². The van der Waals surface area contributed by atoms with Crippen molar-refractivity contribution in [3.05, 3.63) is 47.9 Å². The predicted molar refractivity (Wildman–Crippen MR) is 88.6 cm³/mol. The van der Waals surface area contributed by atoms with Gasteiger partial charge in [0.2, 0.25) is 6.41 Å². The molecule has 2 N–H and O–H groups in total. The topological polar surface area (TPSA) is 77.2 Å². The molecule has 7 heteroatoms. The van der Waals surface area contributed by atoms with Gasteiger partial charge >= 0.3 is 0 Å². The van der Waals surface area contributed by atoms with Crippen molar-refractivity contribution < 1.29 is 18.7 Å². The van der Waals surface area contributed by atoms with Crippen molar-refractivity contribution in [1.82, 2.24) is 4.90 Å². The van der Waals surface area contributed by atoms with E-state index < -0.39 is 12.1 Å². The number of hydrogen-bond acceptors (Lipinski definition) is 4. The second-order valence-corrected chi connectivity index (χ2v) is 5.43. The minimum absolute atomic E-state index is 0.130. The lowest BCUT2D eigenvalue weighted by Gasteiger charge is -2.21. The van der Waals surface area contributed by atoms with Gasteiger partial charge < -0.3 is 15.2 Å². The fraction of sp³-hybridized carbons (Fsp3) is 0.412. The summed E-state index contributed by atoms with van der Waals surface area (Å²) in [6, 6.07) is 9.83. The molecule has 2 unspecified atom stereocenters. The molecule has 130 valence electrons. The summed E-state index contributed by atoms with van der Waals surface area (Å²) in [5.74, 6) is -1.03. The van der Waals surface area contributed by atoms with Crippen LogP contribution in [0.4, 0.5) is 4.39 Å². The predicted octanol–water partition coefficient (Wildman–Crippen LogP) is 1.96. The zero-order valence-corrected chi connectivity index (χ0v) is 13.6. The van der Waals surface area contributed by atoms with Gasteiger partial charge in [-0.3, -0.25) is 14.7 Å². The molecular weight excluding hydrogens is 313 g/mol. The summed E-state index contributed by atoms with van der Waals surface area (Å²) in [6.45, 7) is 0.920. The van der Waals surface area contributed by atoms with Crippen molar-refractivity contribution in [3.63, 3.8) is 0 Å². The summed E-state index contributed by atoms with van der Waals surface area (Å²) in [7, 11) is 1.38. The van der Waals surface area contributed by atoms with E-state index >= 15 is 0 Å². The minimum atomic E-state index is -0.767. The molecule has 1 saturated heterocycles. The van der Waals surface area contributed by atoms with Crippen LogP contribution >= 0.6 is 0 Å². The Bertz CT molecular complexity index is 592. The number of rotatable bonds is 8. The molecule has 1 aliphatic heterocycles. The lowest BCUT2D eigenvalue weighted by atomic mass is 10.2. The van der Waals surface area contributed by atoms with Gasteiger partial charge in [-0.05, 0) is 18.4 Å². The third-order valence-electron chi connectivity index (χ3n) is 3.70. The number of ether oxygens (including phenoxy) is 2. The van der Waals surface area contributed by atoms with Gasteiger partial charge in [-0.1, -0.05) is 30.3 Å². The van der Waals surface area contributed by atoms with Crippen LogP contribution in [-0.2, 0) is 20.9 Å². The number of amides is 1. The highest BCUT2D eigenvalue weighted by Gasteiger charge is 2.29. The molecule has 6 nitrogen and oxygen atoms in total. The number of nitrogens with zero attached hydrogens (tertiary/aromatic N) is 2. The Morgan fingerprint density at radius 3 is 2.88 bits per heavy atom. The third kappa shape index (κ3) is 5.14. The van der Waals surface area contributed by atoms with Crippen molar-refractivity contribution >= 4 is 12.2 Å². The fourth-order valence-electron chi connectivity index (χ4n) is 2.40. The van der Waals surface area contributed by atoms with Gasteiger partial charge in [0.25, 0.3) is 0 Å². The molecule has 0 saturated carbocycles. The summed E-state index contributed by atoms with van der Waals surface area (Å²) in [5, 5.41) is 0. The largest absolute Gasteiger partial charge is 0.382 e. The van der Waals surface area contributed by atoms with Crippen LogP contribution in [0.2, 0.25) is 0 Å². The molecule has 0 aromatic heterocycles. The first-order chi connectivity index (χ1) is 11.6. The normalized spacial score (nSPS) is 21.8. The smallest absolute Gasteiger partial charge is 0.215 e. The molecule has 1 amide bonds. The van der Waals surface area contributed by atoms with Gasteiger partial charge in [0.15, 0.2) is 11.7 Å². The van der Waals surface area contributed by atoms with Crippen LogP contribution in [0.15, 0.2) is 47.4 Å². The number of halogens is 1. The van der Waals surface area contributed by atoms with Crippen molar-refractivity contribution in [2.45, 2.75) is 31.8 Å². The van der Waals surface area contributed by atoms with Crippen molar-refractivity contribution in [2.75, 3.05) is 13.7 Å². The molecule has 1 aromatic carbocycles. The van der Waals surface area contributed by atoms with Crippen LogP contribution in [0.25, 0.3) is 0 Å². The highest BCUT2D eigenvalue weighted by atomic mass is 19.1. The molecule has 1 fully saturated rings. The number of hydrogen-bond donors (Lipinski definition) is 1. The average molecular weight is 335 g/mol. The van der Waals surface area contributed by atoms with Gasteiger partial charge in [-0.2, -0.15) is 0 Å². The van der Waals surface area contributed by atoms with Gasteiger partial charge in [0.1, 0.15) is 6.23 Å². The fourth-order valence-corrected chi connectivity index (χ4v) is 2.40. The quantitative estimate of drug-likeness (QED) is 0.448. The molecule has 0 aliphatic carbocycles. The molecule has 0 radical (unpaired) electrons. The van der Waals surface area contributed by atoms with Crippen LogP contribution < -0.4 is 5.73 Å². The maximum absolute atomic E-state index is 13.7. The zero-order chi connectivity index (χ0) is 17.4. The van der Waals surface area contributed by atoms with Crippen LogP contribution in [0.3, 0.4) is 0 Å². The molecular formula is C17H22FN3O3. The Morgan fingerprint density at radius 1 is 1.46 bits per heavy atom. The van der Waals surface area contributed by atoms with Crippen LogP contribution in [-0.4, -0.2) is 43.1 Å². The van der Waals surface area contributed by atoms with Crippen molar-refractivity contribution in [2.24, 2.45) is 10.7 Å². The van der Waals surface area contributed by atoms with Crippen LogP contribution in [0.5, 0.6) is 0 Å². The highest BCUT2D eigenvalue weighted by Crippen LogP contribution is 2.23. The third-order valence-corrected chi connectivity index (χ3v) is 3.70. The first kappa shape index (κ1) is 18.1. The molecule has 1 heterocycles. The van der Waals surface area contributed by atoms with E-state index in [1.54, 1.807) is 0 Å². The zero-order valence-electron chi connectivity index (χ0n) is 13.6. The highest BCUT2D eigenvalue weighted by molar-refractivity contribution is 5.94. The second-order valence-electron chi connectivity index (χ2n) is 5.43. The van der Waals surface area contributed by atoms with E-state index in [1.165, 1.54) is 7.05 Å². The maximum Gasteiger partial charge on any atom is 0.215 e. The van der Waals surface area contributed by atoms with Gasteiger partial charge in [0, 0.05) is 13.2 Å². The molecule has 1 aromatic rings. The van der Waals surface area contributed by atoms with Crippen molar-refractivity contribution in [1.29, 1.82) is 0 Å². The van der Waals surface area contributed by atoms with E-state index in [1.807, 2.05) is 30.3 Å². The first-order valence-corrected chi connectivity index (χ1v) is 7.74. The summed E-state index contributed by atoms with van der Waals surface area (Å²) in [6.07, 6.45) is 2.20. The number of amidine groups is 1. The molecule has 24 heavy (non-hydrogen) atoms. The average Bonchev–Trinajstić information content (AvgIpc) is 3.08. The summed E-state index contributed by atoms with van der Waals surface area (Å²) in [5.41, 5.74) is 6.45. The summed E-state index contributed by atoms with van der Waals surface area (Å²) in [4.78, 5) is 15.8. The van der Waals surface area contributed by atoms with Crippen molar-refractivity contribution in [3.8, 4) is 0 Å². The molecule has 0 spiro atoms. The number of nitrogens with two attached hydrogens (primary N) is 1. The Morgan fingerprint density at radius 2 is 2.21 bits per heavy atom. The standard InChI is InChI=1S/C17H22FN3O3/c1-20-17(19)15(18)9-21(12-22)16-8-7-14(24-16)11-23-10-13-5-3-2-4-6-13/h2-6,9,12,14,16H,7-8,10-11H2,1H3,(H2,19,20)/b15-9+. The van der Waals surface area contributed by atoms with Crippen LogP contribution in [0.1, 0.15) is 18.4 Å². The summed E-state index contributed by atoms with van der Waals surface area (Å²) >= 11 is 0. The number of carbonyl (C=O) groups excluding carboxylic acids is 1. The maximum atomic E-state index is 13.7. The number of benzene rings is 1. The molecule has 2 atom stereocenters. The van der Waals surface area contributed by atoms with E-state index in [9.17, 15) is 9.18 Å². The van der Waals surface area contributed by atoms with E-state index in [-0.39, 0.29) is 11.9 Å². The number of aliphatic imine (C=N–C) groups is 1. The molecule has 1 aliphatic rings. The molecule has 2 rings (SSSR count). The van der Waals surface area contributed by atoms with E-state index in [0.717, 1.165) is 23.1 Å². The Kier molecular flexibility index (Phi) is 6.89. The SMILES string of the molecule is CN=C(N)/C(F)=C\N(C=O)C1CCC(COCc2ccccc2)O1. The minimum Gasteiger partial charge on any atom is -0.382 e. The van der Waals surface area contributed by atoms with Crippen LogP contribution in [0, 0.1) is 0 Å². The van der Waals surface area contributed by atoms with Gasteiger partial charge in [-0.15, -0.1) is 0 Å². The monoisotopic (exact) mass is 335 g/mol. The lowest BCUT2D eigenvalue weighted by Crippen LogP contribution is -2.31. The second kappa shape index (κ2) is 9.14. The Labute approximate surface area is 140 Å². The lowest BCUT2D eigenvalue weighted by molar-refractivity contribution is -0.128. The Balaban J connectivity index is 1.81. The van der Waals surface area contributed by atoms with Gasteiger partial charge in [0.05, 0.1) is 19.3 Å². The summed E-state index contributed by atoms with van der Waals surface area (Å²) < 4.78 is 25.1. The van der Waals surface area contributed by atoms with E-state index in [4.69, 9.17) is 15.2 Å². The van der Waals surface area contributed by atoms with Gasteiger partial charge in [-0.25, -0.2) is 4.39 Å². The first-order valence-electron chi connectivity index (χ1n) is 7.74.